The SMILES string of the molecule is Cn1nnnc1NCc1nc2c(s1)CC(c1ccccc1)CC2. The zero-order valence-electron chi connectivity index (χ0n) is 12.9. The van der Waals surface area contributed by atoms with Gasteiger partial charge in [-0.3, -0.25) is 0 Å². The number of rotatable bonds is 4. The van der Waals surface area contributed by atoms with Gasteiger partial charge in [-0.1, -0.05) is 35.4 Å². The molecule has 0 radical (unpaired) electrons. The predicted molar refractivity (Wildman–Crippen MR) is 89.4 cm³/mol. The van der Waals surface area contributed by atoms with E-state index in [9.17, 15) is 0 Å². The van der Waals surface area contributed by atoms with Crippen LogP contribution in [0.25, 0.3) is 0 Å². The number of nitrogens with zero attached hydrogens (tertiary/aromatic N) is 5. The van der Waals surface area contributed by atoms with Gasteiger partial charge in [0, 0.05) is 11.9 Å². The maximum absolute atomic E-state index is 4.79. The summed E-state index contributed by atoms with van der Waals surface area (Å²) in [5.74, 6) is 1.29. The zero-order chi connectivity index (χ0) is 15.6. The minimum absolute atomic E-state index is 0.618. The zero-order valence-corrected chi connectivity index (χ0v) is 13.8. The second-order valence-corrected chi connectivity index (χ2v) is 6.98. The Kier molecular flexibility index (Phi) is 3.78. The van der Waals surface area contributed by atoms with Gasteiger partial charge in [-0.25, -0.2) is 9.67 Å². The van der Waals surface area contributed by atoms with Crippen LogP contribution < -0.4 is 5.32 Å². The Morgan fingerprint density at radius 3 is 2.96 bits per heavy atom. The van der Waals surface area contributed by atoms with Gasteiger partial charge in [0.1, 0.15) is 5.01 Å². The average Bonchev–Trinajstić information content (AvgIpc) is 3.18. The molecule has 6 nitrogen and oxygen atoms in total. The molecule has 1 aliphatic rings. The smallest absolute Gasteiger partial charge is 0.242 e. The van der Waals surface area contributed by atoms with Gasteiger partial charge in [0.15, 0.2) is 0 Å². The summed E-state index contributed by atoms with van der Waals surface area (Å²) in [6.45, 7) is 0.669. The van der Waals surface area contributed by atoms with E-state index in [1.165, 1.54) is 22.6 Å². The fourth-order valence-corrected chi connectivity index (χ4v) is 4.18. The van der Waals surface area contributed by atoms with E-state index in [0.717, 1.165) is 17.8 Å². The highest BCUT2D eigenvalue weighted by Gasteiger charge is 2.23. The summed E-state index contributed by atoms with van der Waals surface area (Å²) in [7, 11) is 1.82. The molecule has 0 bridgehead atoms. The molecule has 2 heterocycles. The predicted octanol–water partition coefficient (Wildman–Crippen LogP) is 2.55. The summed E-state index contributed by atoms with van der Waals surface area (Å²) in [4.78, 5) is 6.21. The molecule has 0 saturated carbocycles. The van der Waals surface area contributed by atoms with Crippen LogP contribution in [0.5, 0.6) is 0 Å². The molecule has 1 aliphatic carbocycles. The summed E-state index contributed by atoms with van der Waals surface area (Å²) in [6, 6.07) is 10.8. The first-order chi connectivity index (χ1) is 11.3. The van der Waals surface area contributed by atoms with Crippen LogP contribution in [-0.2, 0) is 26.4 Å². The van der Waals surface area contributed by atoms with Gasteiger partial charge in [0.2, 0.25) is 5.95 Å². The Hall–Kier alpha value is -2.28. The molecule has 0 saturated heterocycles. The van der Waals surface area contributed by atoms with E-state index in [1.807, 2.05) is 18.4 Å². The molecule has 1 aromatic carbocycles. The Balaban J connectivity index is 1.46. The Bertz CT molecular complexity index is 794. The average molecular weight is 326 g/mol. The Morgan fingerprint density at radius 2 is 2.17 bits per heavy atom. The molecule has 7 heteroatoms. The van der Waals surface area contributed by atoms with Crippen molar-refractivity contribution >= 4 is 17.3 Å². The van der Waals surface area contributed by atoms with Crippen molar-refractivity contribution in [1.82, 2.24) is 25.2 Å². The Morgan fingerprint density at radius 1 is 1.30 bits per heavy atom. The van der Waals surface area contributed by atoms with E-state index in [1.54, 1.807) is 4.68 Å². The molecule has 0 fully saturated rings. The van der Waals surface area contributed by atoms with E-state index in [2.05, 4.69) is 51.2 Å². The summed E-state index contributed by atoms with van der Waals surface area (Å²) in [5.41, 5.74) is 2.71. The van der Waals surface area contributed by atoms with E-state index in [4.69, 9.17) is 4.98 Å². The standard InChI is InChI=1S/C16H18N6S/c1-22-16(19-20-21-22)17-10-15-18-13-8-7-12(9-14(13)23-15)11-5-3-2-4-6-11/h2-6,12H,7-10H2,1H3,(H,17,19,21). The molecule has 3 aromatic rings. The van der Waals surface area contributed by atoms with Crippen molar-refractivity contribution in [2.45, 2.75) is 31.7 Å². The molecule has 1 N–H and O–H groups in total. The number of fused-ring (bicyclic) bond motifs is 1. The normalized spacial score (nSPS) is 17.0. The van der Waals surface area contributed by atoms with Crippen LogP contribution in [0.2, 0.25) is 0 Å². The molecular formula is C16H18N6S. The largest absolute Gasteiger partial charge is 0.347 e. The number of nitrogens with one attached hydrogen (secondary N) is 1. The van der Waals surface area contributed by atoms with Crippen LogP contribution in [0.1, 0.15) is 33.5 Å². The first-order valence-electron chi connectivity index (χ1n) is 7.78. The van der Waals surface area contributed by atoms with Gasteiger partial charge in [0.25, 0.3) is 0 Å². The van der Waals surface area contributed by atoms with Crippen LogP contribution in [0.3, 0.4) is 0 Å². The molecule has 4 rings (SSSR count). The second kappa shape index (κ2) is 6.08. The van der Waals surface area contributed by atoms with Crippen molar-refractivity contribution in [3.63, 3.8) is 0 Å². The number of thiazole rings is 1. The lowest BCUT2D eigenvalue weighted by atomic mass is 9.85. The maximum Gasteiger partial charge on any atom is 0.242 e. The molecule has 23 heavy (non-hydrogen) atoms. The molecule has 1 atom stereocenters. The van der Waals surface area contributed by atoms with Gasteiger partial charge >= 0.3 is 0 Å². The summed E-state index contributed by atoms with van der Waals surface area (Å²) in [5, 5.41) is 15.7. The van der Waals surface area contributed by atoms with E-state index >= 15 is 0 Å². The number of aryl methyl sites for hydroxylation is 2. The van der Waals surface area contributed by atoms with Gasteiger partial charge in [-0.05, 0) is 41.2 Å². The minimum atomic E-state index is 0.618. The topological polar surface area (TPSA) is 68.5 Å². The molecular weight excluding hydrogens is 308 g/mol. The number of hydrogen-bond acceptors (Lipinski definition) is 6. The van der Waals surface area contributed by atoms with Crippen LogP contribution in [-0.4, -0.2) is 25.2 Å². The van der Waals surface area contributed by atoms with E-state index < -0.39 is 0 Å². The third-order valence-corrected chi connectivity index (χ3v) is 5.39. The van der Waals surface area contributed by atoms with Crippen molar-refractivity contribution in [1.29, 1.82) is 0 Å². The maximum atomic E-state index is 4.79. The van der Waals surface area contributed by atoms with E-state index in [0.29, 0.717) is 18.4 Å². The molecule has 0 aliphatic heterocycles. The number of anilines is 1. The van der Waals surface area contributed by atoms with Crippen LogP contribution in [0, 0.1) is 0 Å². The van der Waals surface area contributed by atoms with E-state index in [-0.39, 0.29) is 0 Å². The number of benzene rings is 1. The Labute approximate surface area is 138 Å². The number of hydrogen-bond donors (Lipinski definition) is 1. The molecule has 0 spiro atoms. The molecule has 2 aromatic heterocycles. The lowest BCUT2D eigenvalue weighted by molar-refractivity contribution is 0.584. The summed E-state index contributed by atoms with van der Waals surface area (Å²) in [6.07, 6.45) is 3.35. The highest BCUT2D eigenvalue weighted by atomic mass is 32.1. The quantitative estimate of drug-likeness (QED) is 0.798. The first kappa shape index (κ1) is 14.3. The fourth-order valence-electron chi connectivity index (χ4n) is 3.05. The van der Waals surface area contributed by atoms with Crippen molar-refractivity contribution in [3.8, 4) is 0 Å². The lowest BCUT2D eigenvalue weighted by Gasteiger charge is -2.21. The summed E-state index contributed by atoms with van der Waals surface area (Å²) >= 11 is 1.81. The van der Waals surface area contributed by atoms with Crippen molar-refractivity contribution < 1.29 is 0 Å². The third-order valence-electron chi connectivity index (χ3n) is 4.27. The highest BCUT2D eigenvalue weighted by Crippen LogP contribution is 2.35. The van der Waals surface area contributed by atoms with Gasteiger partial charge in [0.05, 0.1) is 12.2 Å². The van der Waals surface area contributed by atoms with Crippen LogP contribution >= 0.6 is 11.3 Å². The molecule has 0 amide bonds. The number of tetrazole rings is 1. The third kappa shape index (κ3) is 2.96. The summed E-state index contributed by atoms with van der Waals surface area (Å²) < 4.78 is 1.62. The highest BCUT2D eigenvalue weighted by molar-refractivity contribution is 7.11. The van der Waals surface area contributed by atoms with Crippen molar-refractivity contribution in [3.05, 3.63) is 51.5 Å². The van der Waals surface area contributed by atoms with Crippen molar-refractivity contribution in [2.24, 2.45) is 7.05 Å². The van der Waals surface area contributed by atoms with Gasteiger partial charge < -0.3 is 5.32 Å². The minimum Gasteiger partial charge on any atom is -0.347 e. The first-order valence-corrected chi connectivity index (χ1v) is 8.60. The van der Waals surface area contributed by atoms with Gasteiger partial charge in [-0.2, -0.15) is 0 Å². The van der Waals surface area contributed by atoms with Crippen LogP contribution in [0.4, 0.5) is 5.95 Å². The van der Waals surface area contributed by atoms with Crippen LogP contribution in [0.15, 0.2) is 30.3 Å². The lowest BCUT2D eigenvalue weighted by Crippen LogP contribution is -2.11. The van der Waals surface area contributed by atoms with Gasteiger partial charge in [-0.15, -0.1) is 11.3 Å². The fraction of sp³-hybridized carbons (Fsp3) is 0.375. The monoisotopic (exact) mass is 326 g/mol. The molecule has 118 valence electrons. The molecule has 1 unspecified atom stereocenters. The van der Waals surface area contributed by atoms with Crippen molar-refractivity contribution in [2.75, 3.05) is 5.32 Å². The number of aromatic nitrogens is 5. The second-order valence-electron chi connectivity index (χ2n) is 5.81.